The average Bonchev–Trinajstić information content (AvgIpc) is 2.29. The number of ether oxygens (including phenoxy) is 1. The summed E-state index contributed by atoms with van der Waals surface area (Å²) in [6, 6.07) is 0. The molecule has 1 aliphatic rings. The predicted octanol–water partition coefficient (Wildman–Crippen LogP) is 1.60. The van der Waals surface area contributed by atoms with Crippen LogP contribution < -0.4 is 0 Å². The molecule has 1 saturated heterocycles. The molecule has 94 valence electrons. The summed E-state index contributed by atoms with van der Waals surface area (Å²) in [4.78, 5) is 13.4. The SMILES string of the molecule is CCC1CCN(C(C)(COC)C(=O)O)CC1. The van der Waals surface area contributed by atoms with E-state index in [1.54, 1.807) is 14.0 Å². The van der Waals surface area contributed by atoms with Crippen molar-refractivity contribution in [3.63, 3.8) is 0 Å². The Hall–Kier alpha value is -0.610. The third-order valence-electron chi connectivity index (χ3n) is 3.78. The van der Waals surface area contributed by atoms with Crippen molar-refractivity contribution in [1.29, 1.82) is 0 Å². The lowest BCUT2D eigenvalue weighted by atomic mass is 9.90. The van der Waals surface area contributed by atoms with Crippen molar-refractivity contribution in [3.05, 3.63) is 0 Å². The van der Waals surface area contributed by atoms with E-state index in [1.807, 2.05) is 4.90 Å². The van der Waals surface area contributed by atoms with E-state index < -0.39 is 11.5 Å². The van der Waals surface area contributed by atoms with Crippen LogP contribution in [-0.4, -0.2) is 48.3 Å². The molecule has 0 aromatic heterocycles. The van der Waals surface area contributed by atoms with Gasteiger partial charge in [-0.2, -0.15) is 0 Å². The minimum absolute atomic E-state index is 0.249. The molecule has 1 atom stereocenters. The molecule has 0 spiro atoms. The van der Waals surface area contributed by atoms with Crippen molar-refractivity contribution in [1.82, 2.24) is 4.90 Å². The number of carboxylic acids is 1. The zero-order chi connectivity index (χ0) is 12.2. The first-order valence-electron chi connectivity index (χ1n) is 6.02. The van der Waals surface area contributed by atoms with Gasteiger partial charge in [-0.3, -0.25) is 9.69 Å². The predicted molar refractivity (Wildman–Crippen MR) is 62.5 cm³/mol. The first-order chi connectivity index (χ1) is 7.54. The molecule has 0 amide bonds. The fraction of sp³-hybridized carbons (Fsp3) is 0.917. The number of piperidine rings is 1. The summed E-state index contributed by atoms with van der Waals surface area (Å²) in [6.45, 7) is 5.94. The van der Waals surface area contributed by atoms with Crippen molar-refractivity contribution >= 4 is 5.97 Å². The van der Waals surface area contributed by atoms with E-state index in [1.165, 1.54) is 6.42 Å². The van der Waals surface area contributed by atoms with E-state index in [9.17, 15) is 9.90 Å². The number of nitrogens with zero attached hydrogens (tertiary/aromatic N) is 1. The van der Waals surface area contributed by atoms with E-state index in [0.717, 1.165) is 31.8 Å². The van der Waals surface area contributed by atoms with Gasteiger partial charge in [0.25, 0.3) is 0 Å². The lowest BCUT2D eigenvalue weighted by Crippen LogP contribution is -2.57. The Bertz CT molecular complexity index is 236. The summed E-state index contributed by atoms with van der Waals surface area (Å²) < 4.78 is 5.05. The van der Waals surface area contributed by atoms with Crippen LogP contribution in [-0.2, 0) is 9.53 Å². The van der Waals surface area contributed by atoms with Gasteiger partial charge >= 0.3 is 5.97 Å². The molecule has 0 aliphatic carbocycles. The Morgan fingerprint density at radius 1 is 1.50 bits per heavy atom. The second-order valence-electron chi connectivity index (χ2n) is 4.85. The van der Waals surface area contributed by atoms with E-state index in [0.29, 0.717) is 0 Å². The quantitative estimate of drug-likeness (QED) is 0.778. The van der Waals surface area contributed by atoms with Gasteiger partial charge in [-0.1, -0.05) is 13.3 Å². The van der Waals surface area contributed by atoms with Gasteiger partial charge in [-0.25, -0.2) is 0 Å². The van der Waals surface area contributed by atoms with Crippen molar-refractivity contribution < 1.29 is 14.6 Å². The maximum absolute atomic E-state index is 11.3. The van der Waals surface area contributed by atoms with Crippen molar-refractivity contribution in [3.8, 4) is 0 Å². The average molecular weight is 229 g/mol. The monoisotopic (exact) mass is 229 g/mol. The zero-order valence-corrected chi connectivity index (χ0v) is 10.5. The zero-order valence-electron chi connectivity index (χ0n) is 10.5. The molecule has 4 nitrogen and oxygen atoms in total. The number of carbonyl (C=O) groups is 1. The molecule has 0 saturated carbocycles. The van der Waals surface area contributed by atoms with Crippen LogP contribution in [0, 0.1) is 5.92 Å². The Kier molecular flexibility index (Phi) is 4.74. The molecule has 16 heavy (non-hydrogen) atoms. The van der Waals surface area contributed by atoms with Crippen LogP contribution in [0.15, 0.2) is 0 Å². The summed E-state index contributed by atoms with van der Waals surface area (Å²) in [7, 11) is 1.56. The number of rotatable bonds is 5. The highest BCUT2D eigenvalue weighted by molar-refractivity contribution is 5.78. The maximum Gasteiger partial charge on any atom is 0.326 e. The van der Waals surface area contributed by atoms with Gasteiger partial charge < -0.3 is 9.84 Å². The highest BCUT2D eigenvalue weighted by atomic mass is 16.5. The number of hydrogen-bond donors (Lipinski definition) is 1. The minimum Gasteiger partial charge on any atom is -0.480 e. The highest BCUT2D eigenvalue weighted by Crippen LogP contribution is 2.26. The van der Waals surface area contributed by atoms with Crippen LogP contribution in [0.2, 0.25) is 0 Å². The fourth-order valence-corrected chi connectivity index (χ4v) is 2.40. The van der Waals surface area contributed by atoms with Crippen LogP contribution >= 0.6 is 0 Å². The first-order valence-corrected chi connectivity index (χ1v) is 6.02. The summed E-state index contributed by atoms with van der Waals surface area (Å²) >= 11 is 0. The summed E-state index contributed by atoms with van der Waals surface area (Å²) in [6.07, 6.45) is 3.40. The Balaban J connectivity index is 2.64. The summed E-state index contributed by atoms with van der Waals surface area (Å²) in [5, 5.41) is 9.32. The fourth-order valence-electron chi connectivity index (χ4n) is 2.40. The van der Waals surface area contributed by atoms with Crippen LogP contribution in [0.25, 0.3) is 0 Å². The molecular formula is C12H23NO3. The van der Waals surface area contributed by atoms with E-state index in [-0.39, 0.29) is 6.61 Å². The molecule has 1 rings (SSSR count). The second kappa shape index (κ2) is 5.64. The van der Waals surface area contributed by atoms with E-state index in [2.05, 4.69) is 6.92 Å². The third-order valence-corrected chi connectivity index (χ3v) is 3.78. The molecule has 1 aliphatic heterocycles. The minimum atomic E-state index is -0.868. The molecule has 0 radical (unpaired) electrons. The molecule has 0 aromatic carbocycles. The van der Waals surface area contributed by atoms with Crippen LogP contribution in [0.4, 0.5) is 0 Å². The number of likely N-dealkylation sites (tertiary alicyclic amines) is 1. The van der Waals surface area contributed by atoms with Gasteiger partial charge in [0.1, 0.15) is 5.54 Å². The third kappa shape index (κ3) is 2.74. The van der Waals surface area contributed by atoms with Gasteiger partial charge in [-0.05, 0) is 38.8 Å². The van der Waals surface area contributed by atoms with Gasteiger partial charge in [-0.15, -0.1) is 0 Å². The van der Waals surface area contributed by atoms with Gasteiger partial charge in [0, 0.05) is 7.11 Å². The number of hydrogen-bond acceptors (Lipinski definition) is 3. The summed E-state index contributed by atoms with van der Waals surface area (Å²) in [5.41, 5.74) is -0.868. The molecule has 1 fully saturated rings. The Morgan fingerprint density at radius 2 is 2.06 bits per heavy atom. The van der Waals surface area contributed by atoms with Crippen LogP contribution in [0.1, 0.15) is 33.1 Å². The smallest absolute Gasteiger partial charge is 0.326 e. The molecule has 0 bridgehead atoms. The largest absolute Gasteiger partial charge is 0.480 e. The lowest BCUT2D eigenvalue weighted by molar-refractivity contribution is -0.155. The van der Waals surface area contributed by atoms with Crippen LogP contribution in [0.3, 0.4) is 0 Å². The number of methoxy groups -OCH3 is 1. The molecule has 0 aromatic rings. The van der Waals surface area contributed by atoms with Crippen molar-refractivity contribution in [2.75, 3.05) is 26.8 Å². The van der Waals surface area contributed by atoms with E-state index in [4.69, 9.17) is 4.74 Å². The number of carboxylic acid groups (broad SMARTS) is 1. The molecule has 1 unspecified atom stereocenters. The van der Waals surface area contributed by atoms with Crippen molar-refractivity contribution in [2.24, 2.45) is 5.92 Å². The molecule has 4 heteroatoms. The lowest BCUT2D eigenvalue weighted by Gasteiger charge is -2.41. The summed E-state index contributed by atoms with van der Waals surface area (Å²) in [5.74, 6) is -0.0267. The maximum atomic E-state index is 11.3. The number of aliphatic carboxylic acids is 1. The standard InChI is InChI=1S/C12H23NO3/c1-4-10-5-7-13(8-6-10)12(2,9-16-3)11(14)15/h10H,4-9H2,1-3H3,(H,14,15). The highest BCUT2D eigenvalue weighted by Gasteiger charge is 2.41. The molecule has 1 heterocycles. The normalized spacial score (nSPS) is 22.9. The van der Waals surface area contributed by atoms with Gasteiger partial charge in [0.05, 0.1) is 6.61 Å². The van der Waals surface area contributed by atoms with Gasteiger partial charge in [0.15, 0.2) is 0 Å². The Labute approximate surface area is 97.6 Å². The van der Waals surface area contributed by atoms with Crippen molar-refractivity contribution in [2.45, 2.75) is 38.6 Å². The Morgan fingerprint density at radius 3 is 2.44 bits per heavy atom. The van der Waals surface area contributed by atoms with E-state index >= 15 is 0 Å². The first kappa shape index (κ1) is 13.5. The topological polar surface area (TPSA) is 49.8 Å². The molecular weight excluding hydrogens is 206 g/mol. The van der Waals surface area contributed by atoms with Crippen LogP contribution in [0.5, 0.6) is 0 Å². The second-order valence-corrected chi connectivity index (χ2v) is 4.85. The van der Waals surface area contributed by atoms with Gasteiger partial charge in [0.2, 0.25) is 0 Å². The molecule has 1 N–H and O–H groups in total.